The van der Waals surface area contributed by atoms with Crippen molar-refractivity contribution in [3.05, 3.63) is 36.2 Å². The molecule has 2 heterocycles. The third-order valence-electron chi connectivity index (χ3n) is 3.09. The van der Waals surface area contributed by atoms with E-state index >= 15 is 0 Å². The number of hydrogen-bond acceptors (Lipinski definition) is 3. The highest BCUT2D eigenvalue weighted by Crippen LogP contribution is 2.28. The van der Waals surface area contributed by atoms with E-state index in [4.69, 9.17) is 4.74 Å². The summed E-state index contributed by atoms with van der Waals surface area (Å²) in [5, 5.41) is 7.82. The highest BCUT2D eigenvalue weighted by molar-refractivity contribution is 5.55. The van der Waals surface area contributed by atoms with Crippen molar-refractivity contribution < 1.29 is 4.74 Å². The highest BCUT2D eigenvalue weighted by Gasteiger charge is 2.17. The topological polar surface area (TPSA) is 39.1 Å². The summed E-state index contributed by atoms with van der Waals surface area (Å²) in [7, 11) is 1.69. The van der Waals surface area contributed by atoms with Crippen molar-refractivity contribution in [3.8, 4) is 11.4 Å². The first kappa shape index (κ1) is 10.2. The Bertz CT molecular complexity index is 533. The number of nitrogens with one attached hydrogen (secondary N) is 1. The Morgan fingerprint density at radius 2 is 2.24 bits per heavy atom. The first-order valence-corrected chi connectivity index (χ1v) is 5.84. The molecule has 1 aromatic heterocycles. The predicted molar refractivity (Wildman–Crippen MR) is 66.9 cm³/mol. The summed E-state index contributed by atoms with van der Waals surface area (Å²) in [5.41, 5.74) is 3.38. The molecule has 17 heavy (non-hydrogen) atoms. The molecule has 4 nitrogen and oxygen atoms in total. The van der Waals surface area contributed by atoms with Crippen LogP contribution in [0.1, 0.15) is 12.1 Å². The van der Waals surface area contributed by atoms with Gasteiger partial charge in [0.1, 0.15) is 11.4 Å². The highest BCUT2D eigenvalue weighted by atomic mass is 16.5. The number of nitrogens with zero attached hydrogens (tertiary/aromatic N) is 2. The Balaban J connectivity index is 2.12. The summed E-state index contributed by atoms with van der Waals surface area (Å²) in [6, 6.07) is 7.96. The van der Waals surface area contributed by atoms with Gasteiger partial charge in [-0.1, -0.05) is 12.1 Å². The van der Waals surface area contributed by atoms with E-state index in [9.17, 15) is 0 Å². The van der Waals surface area contributed by atoms with E-state index in [0.29, 0.717) is 0 Å². The molecule has 1 N–H and O–H groups in total. The Hall–Kier alpha value is -1.97. The molecule has 0 radical (unpaired) electrons. The van der Waals surface area contributed by atoms with Crippen molar-refractivity contribution in [2.24, 2.45) is 0 Å². The van der Waals surface area contributed by atoms with Crippen LogP contribution in [0, 0.1) is 0 Å². The van der Waals surface area contributed by atoms with Crippen LogP contribution in [0.3, 0.4) is 0 Å². The van der Waals surface area contributed by atoms with Gasteiger partial charge >= 0.3 is 0 Å². The van der Waals surface area contributed by atoms with Crippen LogP contribution in [0.4, 0.5) is 5.69 Å². The Morgan fingerprint density at radius 1 is 1.35 bits per heavy atom. The van der Waals surface area contributed by atoms with Crippen molar-refractivity contribution in [2.45, 2.75) is 12.8 Å². The molecule has 0 saturated carbocycles. The minimum atomic E-state index is 0.851. The van der Waals surface area contributed by atoms with Crippen LogP contribution in [0.15, 0.2) is 30.5 Å². The molecule has 2 aromatic rings. The zero-order chi connectivity index (χ0) is 11.7. The quantitative estimate of drug-likeness (QED) is 0.858. The van der Waals surface area contributed by atoms with Gasteiger partial charge in [-0.2, -0.15) is 5.10 Å². The number of methoxy groups -OCH3 is 1. The monoisotopic (exact) mass is 229 g/mol. The zero-order valence-electron chi connectivity index (χ0n) is 9.81. The lowest BCUT2D eigenvalue weighted by Gasteiger charge is -2.16. The SMILES string of the molecule is COc1ccccc1-n1ncc2c1CCCN2. The fraction of sp³-hybridized carbons (Fsp3) is 0.308. The molecular weight excluding hydrogens is 214 g/mol. The molecular formula is C13H15N3O. The van der Waals surface area contributed by atoms with Crippen LogP contribution in [0.5, 0.6) is 5.75 Å². The number of ether oxygens (including phenoxy) is 1. The standard InChI is InChI=1S/C13H15N3O/c1-17-13-7-3-2-5-12(13)16-11-6-4-8-14-10(11)9-15-16/h2-3,5,7,9,14H,4,6,8H2,1H3. The summed E-state index contributed by atoms with van der Waals surface area (Å²) in [5.74, 6) is 0.851. The third kappa shape index (κ3) is 1.65. The van der Waals surface area contributed by atoms with E-state index in [1.54, 1.807) is 7.11 Å². The number of aromatic nitrogens is 2. The molecule has 0 aliphatic carbocycles. The van der Waals surface area contributed by atoms with E-state index in [-0.39, 0.29) is 0 Å². The van der Waals surface area contributed by atoms with Gasteiger partial charge in [0.15, 0.2) is 0 Å². The van der Waals surface area contributed by atoms with E-state index in [2.05, 4.69) is 10.4 Å². The maximum absolute atomic E-state index is 5.38. The average molecular weight is 229 g/mol. The Morgan fingerprint density at radius 3 is 3.12 bits per heavy atom. The van der Waals surface area contributed by atoms with Gasteiger partial charge in [0.25, 0.3) is 0 Å². The smallest absolute Gasteiger partial charge is 0.144 e. The van der Waals surface area contributed by atoms with Gasteiger partial charge in [-0.15, -0.1) is 0 Å². The largest absolute Gasteiger partial charge is 0.494 e. The molecule has 0 fully saturated rings. The lowest BCUT2D eigenvalue weighted by molar-refractivity contribution is 0.411. The molecule has 3 rings (SSSR count). The number of hydrogen-bond donors (Lipinski definition) is 1. The number of rotatable bonds is 2. The van der Waals surface area contributed by atoms with E-state index in [0.717, 1.165) is 36.5 Å². The lowest BCUT2D eigenvalue weighted by atomic mass is 10.1. The van der Waals surface area contributed by atoms with Crippen LogP contribution >= 0.6 is 0 Å². The molecule has 0 unspecified atom stereocenters. The van der Waals surface area contributed by atoms with E-state index < -0.39 is 0 Å². The molecule has 4 heteroatoms. The van der Waals surface area contributed by atoms with Crippen LogP contribution in [0.25, 0.3) is 5.69 Å². The van der Waals surface area contributed by atoms with Crippen LogP contribution in [-0.2, 0) is 6.42 Å². The van der Waals surface area contributed by atoms with Crippen molar-refractivity contribution in [1.29, 1.82) is 0 Å². The summed E-state index contributed by atoms with van der Waals surface area (Å²) < 4.78 is 7.35. The van der Waals surface area contributed by atoms with Crippen molar-refractivity contribution in [1.82, 2.24) is 9.78 Å². The second kappa shape index (κ2) is 4.13. The second-order valence-corrected chi connectivity index (χ2v) is 4.12. The third-order valence-corrected chi connectivity index (χ3v) is 3.09. The second-order valence-electron chi connectivity index (χ2n) is 4.12. The number of fused-ring (bicyclic) bond motifs is 1. The van der Waals surface area contributed by atoms with Gasteiger partial charge in [-0.3, -0.25) is 0 Å². The Labute approximate surface area is 100 Å². The molecule has 1 aliphatic heterocycles. The maximum Gasteiger partial charge on any atom is 0.144 e. The molecule has 0 atom stereocenters. The van der Waals surface area contributed by atoms with Gasteiger partial charge in [0, 0.05) is 6.54 Å². The maximum atomic E-state index is 5.38. The van der Waals surface area contributed by atoms with Gasteiger partial charge in [-0.25, -0.2) is 4.68 Å². The zero-order valence-corrected chi connectivity index (χ0v) is 9.81. The first-order valence-electron chi connectivity index (χ1n) is 5.84. The van der Waals surface area contributed by atoms with Crippen LogP contribution < -0.4 is 10.1 Å². The fourth-order valence-corrected chi connectivity index (χ4v) is 2.25. The van der Waals surface area contributed by atoms with E-state index in [1.165, 1.54) is 5.69 Å². The van der Waals surface area contributed by atoms with Gasteiger partial charge in [0.05, 0.1) is 24.7 Å². The van der Waals surface area contributed by atoms with Gasteiger partial charge in [-0.05, 0) is 25.0 Å². The minimum Gasteiger partial charge on any atom is -0.494 e. The van der Waals surface area contributed by atoms with Crippen molar-refractivity contribution in [3.63, 3.8) is 0 Å². The number of anilines is 1. The first-order chi connectivity index (χ1) is 8.40. The van der Waals surface area contributed by atoms with Crippen molar-refractivity contribution in [2.75, 3.05) is 19.0 Å². The minimum absolute atomic E-state index is 0.851. The van der Waals surface area contributed by atoms with E-state index in [1.807, 2.05) is 35.1 Å². The molecule has 88 valence electrons. The Kier molecular flexibility index (Phi) is 2.48. The predicted octanol–water partition coefficient (Wildman–Crippen LogP) is 2.24. The molecule has 0 saturated heterocycles. The molecule has 1 aromatic carbocycles. The molecule has 0 spiro atoms. The summed E-state index contributed by atoms with van der Waals surface area (Å²) in [6.07, 6.45) is 4.09. The van der Waals surface area contributed by atoms with Crippen LogP contribution in [0.2, 0.25) is 0 Å². The van der Waals surface area contributed by atoms with Gasteiger partial charge < -0.3 is 10.1 Å². The van der Waals surface area contributed by atoms with Crippen LogP contribution in [-0.4, -0.2) is 23.4 Å². The lowest BCUT2D eigenvalue weighted by Crippen LogP contribution is -2.13. The molecule has 0 amide bonds. The fourth-order valence-electron chi connectivity index (χ4n) is 2.25. The summed E-state index contributed by atoms with van der Waals surface area (Å²) in [6.45, 7) is 1.03. The average Bonchev–Trinajstić information content (AvgIpc) is 2.82. The number of benzene rings is 1. The number of para-hydroxylation sites is 2. The normalized spacial score (nSPS) is 13.9. The van der Waals surface area contributed by atoms with Gasteiger partial charge in [0.2, 0.25) is 0 Å². The summed E-state index contributed by atoms with van der Waals surface area (Å²) in [4.78, 5) is 0. The molecule has 1 aliphatic rings. The molecule has 0 bridgehead atoms. The van der Waals surface area contributed by atoms with Crippen molar-refractivity contribution >= 4 is 5.69 Å². The summed E-state index contributed by atoms with van der Waals surface area (Å²) >= 11 is 0.